The average molecular weight is 281 g/mol. The molecule has 0 amide bonds. The van der Waals surface area contributed by atoms with Crippen molar-refractivity contribution in [2.24, 2.45) is 0 Å². The van der Waals surface area contributed by atoms with Gasteiger partial charge in [0.1, 0.15) is 0 Å². The van der Waals surface area contributed by atoms with E-state index in [2.05, 4.69) is 53.4 Å². The van der Waals surface area contributed by atoms with Crippen molar-refractivity contribution in [3.63, 3.8) is 0 Å². The van der Waals surface area contributed by atoms with Crippen molar-refractivity contribution >= 4 is 17.8 Å². The first-order valence-corrected chi connectivity index (χ1v) is 7.17. The monoisotopic (exact) mass is 281 g/mol. The lowest BCUT2D eigenvalue weighted by molar-refractivity contribution is 1.60. The number of nitrogens with zero attached hydrogens (tertiary/aromatic N) is 1. The number of para-hydroxylation sites is 1. The van der Waals surface area contributed by atoms with Crippen molar-refractivity contribution in [2.75, 3.05) is 0 Å². The van der Waals surface area contributed by atoms with Gasteiger partial charge in [0.15, 0.2) is 5.69 Å². The van der Waals surface area contributed by atoms with Crippen LogP contribution in [0.4, 0.5) is 5.69 Å². The molecule has 3 rings (SSSR count). The van der Waals surface area contributed by atoms with Gasteiger partial charge in [-0.1, -0.05) is 91.0 Å². The molecule has 0 aliphatic heterocycles. The third-order valence-electron chi connectivity index (χ3n) is 3.51. The van der Waals surface area contributed by atoms with Crippen molar-refractivity contribution < 1.29 is 0 Å². The number of rotatable bonds is 3. The fraction of sp³-hybridized carbons (Fsp3) is 0. The molecule has 0 saturated carbocycles. The highest BCUT2D eigenvalue weighted by Gasteiger charge is 2.03. The second-order valence-corrected chi connectivity index (χ2v) is 4.99. The first-order chi connectivity index (χ1) is 10.9. The Bertz CT molecular complexity index is 822. The van der Waals surface area contributed by atoms with Gasteiger partial charge in [0.05, 0.1) is 6.57 Å². The topological polar surface area (TPSA) is 4.36 Å². The van der Waals surface area contributed by atoms with Crippen molar-refractivity contribution in [3.8, 4) is 11.1 Å². The standard InChI is InChI=1S/C21H15N/c1-22-21-10-6-5-9-20(21)19-15-13-18(14-16-19)12-11-17-7-3-2-4-8-17/h2-16H. The quantitative estimate of drug-likeness (QED) is 0.405. The van der Waals surface area contributed by atoms with Gasteiger partial charge in [0.2, 0.25) is 0 Å². The smallest absolute Gasteiger partial charge is 0.194 e. The summed E-state index contributed by atoms with van der Waals surface area (Å²) in [5, 5.41) is 0. The molecule has 22 heavy (non-hydrogen) atoms. The summed E-state index contributed by atoms with van der Waals surface area (Å²) in [6, 6.07) is 26.2. The van der Waals surface area contributed by atoms with E-state index in [1.165, 1.54) is 5.56 Å². The summed E-state index contributed by atoms with van der Waals surface area (Å²) < 4.78 is 0. The van der Waals surface area contributed by atoms with Crippen LogP contribution >= 0.6 is 0 Å². The Balaban J connectivity index is 1.84. The molecular formula is C21H15N. The van der Waals surface area contributed by atoms with Gasteiger partial charge in [-0.15, -0.1) is 0 Å². The highest BCUT2D eigenvalue weighted by Crippen LogP contribution is 2.30. The van der Waals surface area contributed by atoms with Crippen LogP contribution in [0.25, 0.3) is 28.1 Å². The molecule has 0 N–H and O–H groups in total. The van der Waals surface area contributed by atoms with E-state index in [0.29, 0.717) is 5.69 Å². The van der Waals surface area contributed by atoms with Crippen LogP contribution in [0.5, 0.6) is 0 Å². The summed E-state index contributed by atoms with van der Waals surface area (Å²) >= 11 is 0. The Morgan fingerprint density at radius 2 is 1.23 bits per heavy atom. The molecule has 0 unspecified atom stereocenters. The maximum Gasteiger partial charge on any atom is 0.194 e. The lowest BCUT2D eigenvalue weighted by atomic mass is 10.0. The molecule has 0 fully saturated rings. The van der Waals surface area contributed by atoms with Gasteiger partial charge in [-0.05, 0) is 22.3 Å². The second-order valence-electron chi connectivity index (χ2n) is 4.99. The van der Waals surface area contributed by atoms with Crippen LogP contribution in [0, 0.1) is 6.57 Å². The molecule has 0 aromatic heterocycles. The first kappa shape index (κ1) is 13.9. The van der Waals surface area contributed by atoms with Gasteiger partial charge in [-0.3, -0.25) is 0 Å². The Morgan fingerprint density at radius 1 is 0.636 bits per heavy atom. The number of hydrogen-bond donors (Lipinski definition) is 0. The minimum atomic E-state index is 0.690. The number of hydrogen-bond acceptors (Lipinski definition) is 0. The molecule has 0 saturated heterocycles. The van der Waals surface area contributed by atoms with Gasteiger partial charge in [0.25, 0.3) is 0 Å². The SMILES string of the molecule is [C-]#[N+]c1ccccc1-c1ccc(C=Cc2ccccc2)cc1. The Labute approximate surface area is 131 Å². The fourth-order valence-electron chi connectivity index (χ4n) is 2.35. The predicted molar refractivity (Wildman–Crippen MR) is 93.5 cm³/mol. The van der Waals surface area contributed by atoms with E-state index in [4.69, 9.17) is 6.57 Å². The molecule has 1 heteroatoms. The Hall–Kier alpha value is -3.11. The molecule has 0 bridgehead atoms. The van der Waals surface area contributed by atoms with E-state index in [9.17, 15) is 0 Å². The number of benzene rings is 3. The van der Waals surface area contributed by atoms with Crippen molar-refractivity contribution in [2.45, 2.75) is 0 Å². The largest absolute Gasteiger partial charge is 0.238 e. The molecule has 0 aliphatic carbocycles. The van der Waals surface area contributed by atoms with Crippen LogP contribution in [0.3, 0.4) is 0 Å². The Morgan fingerprint density at radius 3 is 1.91 bits per heavy atom. The van der Waals surface area contributed by atoms with E-state index in [-0.39, 0.29) is 0 Å². The Kier molecular flexibility index (Phi) is 4.13. The summed E-state index contributed by atoms with van der Waals surface area (Å²) in [6.07, 6.45) is 4.20. The molecule has 0 radical (unpaired) electrons. The summed E-state index contributed by atoms with van der Waals surface area (Å²) in [5.41, 5.74) is 5.08. The molecule has 0 spiro atoms. The van der Waals surface area contributed by atoms with E-state index in [1.54, 1.807) is 0 Å². The predicted octanol–water partition coefficient (Wildman–Crippen LogP) is 6.07. The second kappa shape index (κ2) is 6.56. The molecule has 0 heterocycles. The minimum absolute atomic E-state index is 0.690. The van der Waals surface area contributed by atoms with E-state index in [0.717, 1.165) is 16.7 Å². The van der Waals surface area contributed by atoms with Crippen LogP contribution in [-0.4, -0.2) is 0 Å². The fourth-order valence-corrected chi connectivity index (χ4v) is 2.35. The first-order valence-electron chi connectivity index (χ1n) is 7.17. The van der Waals surface area contributed by atoms with Crippen LogP contribution in [0.1, 0.15) is 11.1 Å². The van der Waals surface area contributed by atoms with Gasteiger partial charge in [-0.2, -0.15) is 0 Å². The third-order valence-corrected chi connectivity index (χ3v) is 3.51. The summed E-state index contributed by atoms with van der Waals surface area (Å²) in [5.74, 6) is 0. The van der Waals surface area contributed by atoms with Crippen LogP contribution in [-0.2, 0) is 0 Å². The van der Waals surface area contributed by atoms with Crippen LogP contribution < -0.4 is 0 Å². The highest BCUT2D eigenvalue weighted by atomic mass is 14.6. The van der Waals surface area contributed by atoms with Gasteiger partial charge >= 0.3 is 0 Å². The zero-order valence-corrected chi connectivity index (χ0v) is 12.1. The maximum atomic E-state index is 7.25. The molecule has 0 aliphatic rings. The van der Waals surface area contributed by atoms with Gasteiger partial charge < -0.3 is 0 Å². The summed E-state index contributed by atoms with van der Waals surface area (Å²) in [7, 11) is 0. The lowest BCUT2D eigenvalue weighted by Crippen LogP contribution is -1.79. The normalized spacial score (nSPS) is 10.5. The van der Waals surface area contributed by atoms with Crippen molar-refractivity contribution in [3.05, 3.63) is 101 Å². The molecule has 1 nitrogen and oxygen atoms in total. The van der Waals surface area contributed by atoms with Gasteiger partial charge in [0, 0.05) is 0 Å². The van der Waals surface area contributed by atoms with E-state index < -0.39 is 0 Å². The van der Waals surface area contributed by atoms with Crippen molar-refractivity contribution in [1.29, 1.82) is 0 Å². The van der Waals surface area contributed by atoms with Crippen LogP contribution in [0.15, 0.2) is 78.9 Å². The summed E-state index contributed by atoms with van der Waals surface area (Å²) in [4.78, 5) is 3.58. The van der Waals surface area contributed by atoms with Gasteiger partial charge in [-0.25, -0.2) is 4.85 Å². The zero-order chi connectivity index (χ0) is 15.2. The zero-order valence-electron chi connectivity index (χ0n) is 12.1. The van der Waals surface area contributed by atoms with Crippen LogP contribution in [0.2, 0.25) is 0 Å². The average Bonchev–Trinajstić information content (AvgIpc) is 2.61. The highest BCUT2D eigenvalue weighted by molar-refractivity contribution is 5.79. The summed E-state index contributed by atoms with van der Waals surface area (Å²) in [6.45, 7) is 7.25. The molecular weight excluding hydrogens is 266 g/mol. The molecule has 104 valence electrons. The minimum Gasteiger partial charge on any atom is -0.238 e. The molecule has 3 aromatic carbocycles. The maximum absolute atomic E-state index is 7.25. The van der Waals surface area contributed by atoms with E-state index >= 15 is 0 Å². The van der Waals surface area contributed by atoms with E-state index in [1.807, 2.05) is 42.5 Å². The van der Waals surface area contributed by atoms with Crippen molar-refractivity contribution in [1.82, 2.24) is 0 Å². The molecule has 3 aromatic rings. The lowest BCUT2D eigenvalue weighted by Gasteiger charge is -2.04. The molecule has 0 atom stereocenters. The third kappa shape index (κ3) is 3.13.